The van der Waals surface area contributed by atoms with Crippen molar-refractivity contribution in [1.29, 1.82) is 0 Å². The Labute approximate surface area is 214 Å². The molecule has 4 nitrogen and oxygen atoms in total. The zero-order valence-electron chi connectivity index (χ0n) is 18.6. The van der Waals surface area contributed by atoms with Crippen LogP contribution in [0.3, 0.4) is 0 Å². The van der Waals surface area contributed by atoms with Gasteiger partial charge in [-0.05, 0) is 22.9 Å². The van der Waals surface area contributed by atoms with E-state index in [-0.39, 0.29) is 20.1 Å². The molecule has 169 valence electrons. The third kappa shape index (κ3) is 3.32. The van der Waals surface area contributed by atoms with Gasteiger partial charge in [-0.3, -0.25) is 9.38 Å². The Morgan fingerprint density at radius 2 is 1.03 bits per heavy atom. The van der Waals surface area contributed by atoms with Crippen LogP contribution in [0.4, 0.5) is 0 Å². The Morgan fingerprint density at radius 3 is 1.74 bits per heavy atom. The van der Waals surface area contributed by atoms with E-state index in [4.69, 9.17) is 0 Å². The fraction of sp³-hybridized carbons (Fsp3) is 0. The molecule has 0 fully saturated rings. The molecule has 0 aliphatic heterocycles. The van der Waals surface area contributed by atoms with Gasteiger partial charge in [0.15, 0.2) is 0 Å². The average molecular weight is 628 g/mol. The van der Waals surface area contributed by atoms with E-state index in [1.807, 2.05) is 36.9 Å². The summed E-state index contributed by atoms with van der Waals surface area (Å²) in [5.41, 5.74) is 4.39. The van der Waals surface area contributed by atoms with Crippen LogP contribution in [0.25, 0.3) is 54.6 Å². The van der Waals surface area contributed by atoms with E-state index >= 15 is 0 Å². The molecule has 0 saturated heterocycles. The fourth-order valence-corrected chi connectivity index (χ4v) is 4.96. The minimum absolute atomic E-state index is 0. The van der Waals surface area contributed by atoms with Gasteiger partial charge in [0.1, 0.15) is 5.65 Å². The smallest absolute Gasteiger partial charge is 0.145 e. The largest absolute Gasteiger partial charge is 0.340 e. The van der Waals surface area contributed by atoms with Gasteiger partial charge in [0.2, 0.25) is 0 Å². The SMILES string of the molecule is [Ir].[c-]1cccc2c1c1nccn1c1ccccc21.c1ccc2c(c1)c1ccccc1n1ccnc21. The van der Waals surface area contributed by atoms with Crippen LogP contribution in [0.2, 0.25) is 0 Å². The number of fused-ring (bicyclic) bond motifs is 12. The van der Waals surface area contributed by atoms with Crippen molar-refractivity contribution in [2.75, 3.05) is 0 Å². The second-order valence-corrected chi connectivity index (χ2v) is 8.28. The predicted molar refractivity (Wildman–Crippen MR) is 139 cm³/mol. The topological polar surface area (TPSA) is 34.6 Å². The van der Waals surface area contributed by atoms with Gasteiger partial charge < -0.3 is 4.40 Å². The normalized spacial score (nSPS) is 11.2. The average Bonchev–Trinajstić information content (AvgIpc) is 3.60. The molecule has 8 aromatic rings. The van der Waals surface area contributed by atoms with Gasteiger partial charge >= 0.3 is 0 Å². The molecule has 4 heterocycles. The van der Waals surface area contributed by atoms with Gasteiger partial charge in [-0.15, -0.1) is 29.7 Å². The number of rotatable bonds is 0. The number of hydrogen-bond acceptors (Lipinski definition) is 2. The van der Waals surface area contributed by atoms with Crippen LogP contribution in [0.15, 0.2) is 116 Å². The molecule has 0 amide bonds. The number of hydrogen-bond donors (Lipinski definition) is 0. The molecular formula is C30H19IrN4-. The second kappa shape index (κ2) is 8.62. The van der Waals surface area contributed by atoms with E-state index in [2.05, 4.69) is 104 Å². The Hall–Kier alpha value is -4.05. The van der Waals surface area contributed by atoms with Crippen LogP contribution < -0.4 is 0 Å². The Balaban J connectivity index is 0.000000127. The molecule has 0 unspecified atom stereocenters. The minimum atomic E-state index is 0. The molecule has 35 heavy (non-hydrogen) atoms. The third-order valence-corrected chi connectivity index (χ3v) is 6.44. The maximum Gasteiger partial charge on any atom is 0.145 e. The number of aromatic nitrogens is 4. The monoisotopic (exact) mass is 628 g/mol. The van der Waals surface area contributed by atoms with Crippen molar-refractivity contribution in [3.8, 4) is 0 Å². The molecule has 0 atom stereocenters. The van der Waals surface area contributed by atoms with E-state index in [1.54, 1.807) is 0 Å². The van der Waals surface area contributed by atoms with E-state index in [9.17, 15) is 0 Å². The van der Waals surface area contributed by atoms with Crippen molar-refractivity contribution in [2.24, 2.45) is 0 Å². The van der Waals surface area contributed by atoms with Crippen molar-refractivity contribution in [2.45, 2.75) is 0 Å². The van der Waals surface area contributed by atoms with Gasteiger partial charge in [-0.1, -0.05) is 66.0 Å². The zero-order chi connectivity index (χ0) is 22.5. The van der Waals surface area contributed by atoms with Crippen LogP contribution in [-0.2, 0) is 20.1 Å². The van der Waals surface area contributed by atoms with Crippen molar-refractivity contribution in [3.63, 3.8) is 0 Å². The quantitative estimate of drug-likeness (QED) is 0.133. The molecule has 4 aromatic carbocycles. The molecule has 4 aromatic heterocycles. The van der Waals surface area contributed by atoms with Gasteiger partial charge in [0, 0.05) is 61.2 Å². The first kappa shape index (κ1) is 21.5. The van der Waals surface area contributed by atoms with Crippen molar-refractivity contribution >= 4 is 54.6 Å². The van der Waals surface area contributed by atoms with E-state index in [1.165, 1.54) is 38.0 Å². The second-order valence-electron chi connectivity index (χ2n) is 8.28. The summed E-state index contributed by atoms with van der Waals surface area (Å²) in [7, 11) is 0. The van der Waals surface area contributed by atoms with Gasteiger partial charge in [0.25, 0.3) is 0 Å². The summed E-state index contributed by atoms with van der Waals surface area (Å²) in [4.78, 5) is 8.89. The summed E-state index contributed by atoms with van der Waals surface area (Å²) in [6, 6.07) is 34.6. The first-order valence-electron chi connectivity index (χ1n) is 11.3. The molecular weight excluding hydrogens is 609 g/mol. The van der Waals surface area contributed by atoms with Gasteiger partial charge in [-0.2, -0.15) is 0 Å². The number of imidazole rings is 2. The molecule has 1 radical (unpaired) electrons. The Bertz CT molecular complexity index is 1700. The Kier molecular flexibility index (Phi) is 5.29. The molecule has 8 rings (SSSR count). The third-order valence-electron chi connectivity index (χ3n) is 6.44. The summed E-state index contributed by atoms with van der Waals surface area (Å²) in [6.07, 6.45) is 7.71. The van der Waals surface area contributed by atoms with Crippen LogP contribution in [0.5, 0.6) is 0 Å². The number of benzene rings is 4. The molecule has 0 aliphatic rings. The maximum absolute atomic E-state index is 4.46. The van der Waals surface area contributed by atoms with Crippen molar-refractivity contribution in [1.82, 2.24) is 18.8 Å². The maximum atomic E-state index is 4.46. The molecule has 0 N–H and O–H groups in total. The zero-order valence-corrected chi connectivity index (χ0v) is 21.0. The van der Waals surface area contributed by atoms with Crippen LogP contribution >= 0.6 is 0 Å². The summed E-state index contributed by atoms with van der Waals surface area (Å²) < 4.78 is 4.27. The first-order valence-corrected chi connectivity index (χ1v) is 11.3. The predicted octanol–water partition coefficient (Wildman–Crippen LogP) is 7.08. The summed E-state index contributed by atoms with van der Waals surface area (Å²) in [5.74, 6) is 0. The number of nitrogens with zero attached hydrogens (tertiary/aromatic N) is 4. The van der Waals surface area contributed by atoms with E-state index in [0.29, 0.717) is 0 Å². The van der Waals surface area contributed by atoms with E-state index in [0.717, 1.165) is 16.7 Å². The van der Waals surface area contributed by atoms with Crippen LogP contribution in [-0.4, -0.2) is 18.8 Å². The first-order chi connectivity index (χ1) is 16.9. The molecule has 0 saturated carbocycles. The molecule has 0 bridgehead atoms. The number of pyridine rings is 2. The summed E-state index contributed by atoms with van der Waals surface area (Å²) in [5, 5.41) is 7.27. The van der Waals surface area contributed by atoms with Crippen LogP contribution in [0, 0.1) is 6.07 Å². The molecule has 0 aliphatic carbocycles. The van der Waals surface area contributed by atoms with Gasteiger partial charge in [0.05, 0.1) is 11.2 Å². The van der Waals surface area contributed by atoms with Crippen molar-refractivity contribution in [3.05, 3.63) is 122 Å². The van der Waals surface area contributed by atoms with Crippen molar-refractivity contribution < 1.29 is 20.1 Å². The van der Waals surface area contributed by atoms with Gasteiger partial charge in [-0.25, -0.2) is 4.98 Å². The summed E-state index contributed by atoms with van der Waals surface area (Å²) >= 11 is 0. The van der Waals surface area contributed by atoms with E-state index < -0.39 is 0 Å². The Morgan fingerprint density at radius 1 is 0.514 bits per heavy atom. The standard InChI is InChI=1S/C15H10N2.C15H9N2.Ir/c2*1-2-7-13-11(5-1)12-6-3-4-8-14(12)17-10-9-16-15(13)17;/h1-10H;1-6,8-10H;/q;-1;. The van der Waals surface area contributed by atoms with Crippen LogP contribution in [0.1, 0.15) is 0 Å². The number of para-hydroxylation sites is 2. The molecule has 5 heteroatoms. The summed E-state index contributed by atoms with van der Waals surface area (Å²) in [6.45, 7) is 0. The minimum Gasteiger partial charge on any atom is -0.340 e. The molecule has 0 spiro atoms. The fourth-order valence-electron chi connectivity index (χ4n) is 4.96.